The number of hydrogen-bond donors (Lipinski definition) is 1. The zero-order valence-electron chi connectivity index (χ0n) is 15.0. The first kappa shape index (κ1) is 18.4. The Morgan fingerprint density at radius 2 is 2.00 bits per heavy atom. The van der Waals surface area contributed by atoms with Crippen molar-refractivity contribution in [3.63, 3.8) is 0 Å². The highest BCUT2D eigenvalue weighted by Crippen LogP contribution is 2.40. The lowest BCUT2D eigenvalue weighted by atomic mass is 9.75. The lowest BCUT2D eigenvalue weighted by molar-refractivity contribution is -0.855. The van der Waals surface area contributed by atoms with E-state index in [0.717, 1.165) is 0 Å². The van der Waals surface area contributed by atoms with Crippen LogP contribution in [0.3, 0.4) is 0 Å². The molecule has 0 aromatic carbocycles. The summed E-state index contributed by atoms with van der Waals surface area (Å²) in [5.74, 6) is -0.696. The predicted octanol–water partition coefficient (Wildman–Crippen LogP) is 1.63. The van der Waals surface area contributed by atoms with Crippen LogP contribution in [0.1, 0.15) is 65.0 Å². The second-order valence-electron chi connectivity index (χ2n) is 7.64. The Morgan fingerprint density at radius 1 is 1.46 bits per heavy atom. The molecular weight excluding hydrogens is 312 g/mol. The number of nitriles is 1. The van der Waals surface area contributed by atoms with Crippen molar-refractivity contribution in [1.82, 2.24) is 10.2 Å². The molecule has 132 valence electrons. The van der Waals surface area contributed by atoms with Crippen LogP contribution in [-0.2, 0) is 16.6 Å². The monoisotopic (exact) mass is 337 g/mol. The number of hydroxylamine groups is 2. The highest BCUT2D eigenvalue weighted by atomic mass is 16.6. The maximum atomic E-state index is 12.6. The van der Waals surface area contributed by atoms with Crippen LogP contribution in [0.5, 0.6) is 0 Å². The molecule has 1 aromatic rings. The molecule has 0 spiro atoms. The zero-order valence-corrected chi connectivity index (χ0v) is 15.0. The first-order chi connectivity index (χ1) is 11.0. The molecule has 1 aliphatic rings. The third kappa shape index (κ3) is 3.28. The summed E-state index contributed by atoms with van der Waals surface area (Å²) in [5, 5.41) is 24.6. The number of carbonyl (C=O) groups excluding carboxylic acids is 1. The van der Waals surface area contributed by atoms with Gasteiger partial charge in [0, 0.05) is 11.1 Å². The molecule has 1 atom stereocenters. The van der Waals surface area contributed by atoms with Crippen LogP contribution < -0.4 is 4.74 Å². The first-order valence-corrected chi connectivity index (χ1v) is 7.95. The summed E-state index contributed by atoms with van der Waals surface area (Å²) in [5.41, 5.74) is -0.549. The lowest BCUT2D eigenvalue weighted by Gasteiger charge is -2.50. The third-order valence-corrected chi connectivity index (χ3v) is 4.58. The minimum absolute atomic E-state index is 0.223. The van der Waals surface area contributed by atoms with Gasteiger partial charge in [0.05, 0.1) is 5.92 Å². The van der Waals surface area contributed by atoms with Crippen molar-refractivity contribution >= 4 is 5.97 Å². The fraction of sp³-hybridized carbons (Fsp3) is 0.750. The molecule has 1 fully saturated rings. The minimum Gasteiger partial charge on any atom is -0.453 e. The van der Waals surface area contributed by atoms with Gasteiger partial charge in [-0.25, -0.2) is 0 Å². The molecule has 0 amide bonds. The highest BCUT2D eigenvalue weighted by Gasteiger charge is 2.48. The van der Waals surface area contributed by atoms with Gasteiger partial charge in [-0.2, -0.15) is 10.3 Å². The predicted molar refractivity (Wildman–Crippen MR) is 81.4 cm³/mol. The molecule has 1 aliphatic heterocycles. The Balaban J connectivity index is 2.14. The number of esters is 1. The minimum atomic E-state index is -0.685. The Morgan fingerprint density at radius 3 is 2.50 bits per heavy atom. The van der Waals surface area contributed by atoms with Crippen LogP contribution in [0.25, 0.3) is 0 Å². The van der Waals surface area contributed by atoms with Crippen LogP contribution in [0, 0.1) is 17.2 Å². The fourth-order valence-corrected chi connectivity index (χ4v) is 3.51. The van der Waals surface area contributed by atoms with Crippen molar-refractivity contribution in [3.8, 4) is 6.07 Å². The number of carbonyl (C=O) groups is 1. The molecule has 8 nitrogen and oxygen atoms in total. The van der Waals surface area contributed by atoms with Crippen LogP contribution in [0.4, 0.5) is 0 Å². The van der Waals surface area contributed by atoms with E-state index < -0.39 is 17.2 Å². The van der Waals surface area contributed by atoms with E-state index in [2.05, 4.69) is 5.16 Å². The SMILES string of the molecule is CC(OC(=O)C1CC(C)(C)N(O)C(C)(C)C1)c1no[n+](C)c1C#N. The zero-order chi connectivity index (χ0) is 18.3. The third-order valence-electron chi connectivity index (χ3n) is 4.58. The normalized spacial score (nSPS) is 21.9. The number of rotatable bonds is 3. The largest absolute Gasteiger partial charge is 0.453 e. The number of nitrogens with zero attached hydrogens (tertiary/aromatic N) is 4. The number of aromatic nitrogens is 2. The summed E-state index contributed by atoms with van der Waals surface area (Å²) in [7, 11) is 1.56. The van der Waals surface area contributed by atoms with E-state index >= 15 is 0 Å². The standard InChI is InChI=1S/C16H25N4O4/c1-10(13-12(9-17)19(6)24-18-13)23-14(21)11-7-15(2,3)20(22)16(4,5)8-11/h10-11,22H,7-8H2,1-6H3/q+1. The molecule has 2 rings (SSSR count). The van der Waals surface area contributed by atoms with E-state index in [1.165, 1.54) is 9.80 Å². The van der Waals surface area contributed by atoms with Gasteiger partial charge in [0.25, 0.3) is 5.69 Å². The molecular formula is C16H25N4O4+. The average Bonchev–Trinajstić information content (AvgIpc) is 2.84. The average molecular weight is 337 g/mol. The summed E-state index contributed by atoms with van der Waals surface area (Å²) >= 11 is 0. The topological polar surface area (TPSA) is 103 Å². The van der Waals surface area contributed by atoms with Crippen LogP contribution in [-0.4, -0.2) is 32.5 Å². The Hall–Kier alpha value is -1.98. The summed E-state index contributed by atoms with van der Waals surface area (Å²) in [6.07, 6.45) is 0.280. The molecule has 1 saturated heterocycles. The molecule has 8 heteroatoms. The van der Waals surface area contributed by atoms with Gasteiger partial charge in [0.2, 0.25) is 0 Å². The fourth-order valence-electron chi connectivity index (χ4n) is 3.51. The molecule has 24 heavy (non-hydrogen) atoms. The van der Waals surface area contributed by atoms with Crippen molar-refractivity contribution in [2.75, 3.05) is 0 Å². The van der Waals surface area contributed by atoms with Gasteiger partial charge in [0.1, 0.15) is 7.05 Å². The molecule has 0 bridgehead atoms. The number of ether oxygens (including phenoxy) is 1. The second kappa shape index (κ2) is 6.15. The number of piperidine rings is 1. The van der Waals surface area contributed by atoms with Crippen LogP contribution in [0.15, 0.2) is 4.63 Å². The van der Waals surface area contributed by atoms with Gasteiger partial charge < -0.3 is 9.94 Å². The van der Waals surface area contributed by atoms with E-state index in [4.69, 9.17) is 14.6 Å². The van der Waals surface area contributed by atoms with Crippen molar-refractivity contribution in [2.24, 2.45) is 13.0 Å². The summed E-state index contributed by atoms with van der Waals surface area (Å²) in [6.45, 7) is 9.23. The molecule has 0 aliphatic carbocycles. The van der Waals surface area contributed by atoms with Crippen molar-refractivity contribution in [2.45, 2.75) is 64.6 Å². The summed E-state index contributed by atoms with van der Waals surface area (Å²) in [4.78, 5) is 12.6. The van der Waals surface area contributed by atoms with Crippen molar-refractivity contribution < 1.29 is 24.1 Å². The smallest absolute Gasteiger partial charge is 0.309 e. The quantitative estimate of drug-likeness (QED) is 0.660. The van der Waals surface area contributed by atoms with Gasteiger partial charge in [-0.1, -0.05) is 4.63 Å². The van der Waals surface area contributed by atoms with Crippen molar-refractivity contribution in [3.05, 3.63) is 11.4 Å². The second-order valence-corrected chi connectivity index (χ2v) is 7.64. The molecule has 1 N–H and O–H groups in total. The van der Waals surface area contributed by atoms with Gasteiger partial charge in [-0.3, -0.25) is 4.79 Å². The van der Waals surface area contributed by atoms with E-state index in [0.29, 0.717) is 18.5 Å². The number of hydrogen-bond acceptors (Lipinski definition) is 7. The molecule has 1 unspecified atom stereocenters. The van der Waals surface area contributed by atoms with E-state index in [9.17, 15) is 10.0 Å². The summed E-state index contributed by atoms with van der Waals surface area (Å²) in [6, 6.07) is 1.99. The Bertz CT molecular complexity index is 656. The van der Waals surface area contributed by atoms with Gasteiger partial charge in [-0.15, -0.1) is 0 Å². The van der Waals surface area contributed by atoms with E-state index in [1.807, 2.05) is 33.8 Å². The molecule has 2 heterocycles. The molecule has 0 saturated carbocycles. The lowest BCUT2D eigenvalue weighted by Crippen LogP contribution is -2.60. The Kier molecular flexibility index (Phi) is 4.70. The maximum Gasteiger partial charge on any atom is 0.309 e. The Labute approximate surface area is 141 Å². The van der Waals surface area contributed by atoms with Crippen molar-refractivity contribution in [1.29, 1.82) is 5.26 Å². The van der Waals surface area contributed by atoms with Crippen LogP contribution >= 0.6 is 0 Å². The number of aryl methyl sites for hydroxylation is 1. The molecule has 1 aromatic heterocycles. The summed E-state index contributed by atoms with van der Waals surface area (Å²) < 4.78 is 11.7. The van der Waals surface area contributed by atoms with E-state index in [1.54, 1.807) is 14.0 Å². The van der Waals surface area contributed by atoms with E-state index in [-0.39, 0.29) is 17.6 Å². The first-order valence-electron chi connectivity index (χ1n) is 7.95. The van der Waals surface area contributed by atoms with Gasteiger partial charge in [-0.05, 0) is 52.2 Å². The van der Waals surface area contributed by atoms with Gasteiger partial charge in [0.15, 0.2) is 17.3 Å². The molecule has 0 radical (unpaired) electrons. The van der Waals surface area contributed by atoms with Gasteiger partial charge >= 0.3 is 11.7 Å². The maximum absolute atomic E-state index is 12.6. The van der Waals surface area contributed by atoms with Crippen LogP contribution in [0.2, 0.25) is 0 Å². The highest BCUT2D eigenvalue weighted by molar-refractivity contribution is 5.73.